The number of urea groups is 1. The first-order chi connectivity index (χ1) is 12.7. The predicted molar refractivity (Wildman–Crippen MR) is 111 cm³/mol. The van der Waals surface area contributed by atoms with E-state index in [2.05, 4.69) is 22.4 Å². The summed E-state index contributed by atoms with van der Waals surface area (Å²) in [5, 5.41) is 12.6. The van der Waals surface area contributed by atoms with Crippen LogP contribution in [0, 0.1) is 5.41 Å². The molecule has 2 aromatic carbocycles. The maximum absolute atomic E-state index is 12.0. The van der Waals surface area contributed by atoms with Crippen LogP contribution in [0.2, 0.25) is 0 Å². The highest BCUT2D eigenvalue weighted by molar-refractivity contribution is 6.03. The van der Waals surface area contributed by atoms with E-state index in [1.165, 1.54) is 17.2 Å². The van der Waals surface area contributed by atoms with Crippen molar-refractivity contribution in [3.63, 3.8) is 0 Å². The molecule has 4 N–H and O–H groups in total. The van der Waals surface area contributed by atoms with Crippen molar-refractivity contribution < 1.29 is 9.90 Å². The summed E-state index contributed by atoms with van der Waals surface area (Å²) in [5.74, 6) is 0.0266. The number of nitrogens with one attached hydrogen (secondary N) is 1. The van der Waals surface area contributed by atoms with Crippen molar-refractivity contribution in [2.24, 2.45) is 16.1 Å². The van der Waals surface area contributed by atoms with Gasteiger partial charge in [0.2, 0.25) is 0 Å². The first-order valence-electron chi connectivity index (χ1n) is 8.93. The molecule has 0 aliphatic rings. The number of benzene rings is 2. The van der Waals surface area contributed by atoms with Gasteiger partial charge in [0.15, 0.2) is 0 Å². The van der Waals surface area contributed by atoms with Crippen LogP contribution in [0.4, 0.5) is 10.5 Å². The molecule has 27 heavy (non-hydrogen) atoms. The first kappa shape index (κ1) is 20.2. The number of hydrogen-bond acceptors (Lipinski definition) is 2. The first-order valence-corrected chi connectivity index (χ1v) is 8.93. The zero-order chi connectivity index (χ0) is 19.9. The van der Waals surface area contributed by atoms with Gasteiger partial charge in [0, 0.05) is 17.2 Å². The number of rotatable bonds is 5. The number of aliphatic imine (C=N–C) groups is 1. The van der Waals surface area contributed by atoms with Crippen LogP contribution in [-0.2, 0) is 12.8 Å². The molecule has 0 radical (unpaired) electrons. The molecule has 0 fully saturated rings. The summed E-state index contributed by atoms with van der Waals surface area (Å²) < 4.78 is 0. The summed E-state index contributed by atoms with van der Waals surface area (Å²) >= 11 is 0. The standard InChI is InChI=1S/C22H27N3O2/c1-22(2,3)19(26)15-20(23)25-21(27)24-18-13-11-17(12-14-18)10-9-16-7-5-4-6-8-16/h4-8,11-15,26H,9-10H2,1-3H3,(H3,23,24,25,27)/b19-15-. The van der Waals surface area contributed by atoms with Gasteiger partial charge in [-0.05, 0) is 36.1 Å². The quantitative estimate of drug-likeness (QED) is 0.402. The van der Waals surface area contributed by atoms with Gasteiger partial charge < -0.3 is 16.2 Å². The molecular formula is C22H27N3O2. The Balaban J connectivity index is 1.91. The summed E-state index contributed by atoms with van der Waals surface area (Å²) in [6.07, 6.45) is 3.20. The number of carbonyl (C=O) groups is 1. The van der Waals surface area contributed by atoms with E-state index in [0.29, 0.717) is 5.69 Å². The number of carbonyl (C=O) groups excluding carboxylic acids is 1. The number of nitrogens with zero attached hydrogens (tertiary/aromatic N) is 1. The number of nitrogens with two attached hydrogens (primary N) is 1. The van der Waals surface area contributed by atoms with Gasteiger partial charge in [-0.15, -0.1) is 0 Å². The summed E-state index contributed by atoms with van der Waals surface area (Å²) in [4.78, 5) is 15.7. The van der Waals surface area contributed by atoms with Crippen molar-refractivity contribution in [2.75, 3.05) is 5.32 Å². The molecular weight excluding hydrogens is 338 g/mol. The van der Waals surface area contributed by atoms with Crippen LogP contribution in [0.1, 0.15) is 31.9 Å². The Morgan fingerprint density at radius 2 is 1.59 bits per heavy atom. The van der Waals surface area contributed by atoms with Crippen LogP contribution < -0.4 is 11.1 Å². The number of aliphatic hydroxyl groups excluding tert-OH is 1. The maximum atomic E-state index is 12.0. The largest absolute Gasteiger partial charge is 0.512 e. The molecule has 2 aromatic rings. The lowest BCUT2D eigenvalue weighted by Crippen LogP contribution is -2.18. The Morgan fingerprint density at radius 3 is 2.15 bits per heavy atom. The average Bonchev–Trinajstić information content (AvgIpc) is 2.61. The molecule has 0 bridgehead atoms. The van der Waals surface area contributed by atoms with Crippen LogP contribution >= 0.6 is 0 Å². The minimum absolute atomic E-state index is 0.0422. The Hall–Kier alpha value is -3.08. The zero-order valence-electron chi connectivity index (χ0n) is 16.1. The molecule has 0 saturated heterocycles. The average molecular weight is 365 g/mol. The predicted octanol–water partition coefficient (Wildman–Crippen LogP) is 4.85. The highest BCUT2D eigenvalue weighted by Crippen LogP contribution is 2.22. The fourth-order valence-electron chi connectivity index (χ4n) is 2.35. The van der Waals surface area contributed by atoms with E-state index in [0.717, 1.165) is 12.8 Å². The second kappa shape index (κ2) is 9.03. The van der Waals surface area contributed by atoms with Gasteiger partial charge in [-0.25, -0.2) is 4.79 Å². The highest BCUT2D eigenvalue weighted by atomic mass is 16.3. The molecule has 0 unspecified atom stereocenters. The van der Waals surface area contributed by atoms with Gasteiger partial charge in [-0.2, -0.15) is 4.99 Å². The Kier molecular flexibility index (Phi) is 6.77. The minimum atomic E-state index is -0.581. The van der Waals surface area contributed by atoms with E-state index in [1.807, 2.05) is 63.2 Å². The van der Waals surface area contributed by atoms with Gasteiger partial charge in [0.25, 0.3) is 0 Å². The molecule has 5 nitrogen and oxygen atoms in total. The van der Waals surface area contributed by atoms with E-state index in [4.69, 9.17) is 5.73 Å². The minimum Gasteiger partial charge on any atom is -0.512 e. The number of aryl methyl sites for hydroxylation is 2. The van der Waals surface area contributed by atoms with Gasteiger partial charge >= 0.3 is 6.03 Å². The normalized spacial score (nSPS) is 12.7. The van der Waals surface area contributed by atoms with Crippen molar-refractivity contribution in [1.82, 2.24) is 0 Å². The smallest absolute Gasteiger partial charge is 0.347 e. The molecule has 0 aromatic heterocycles. The summed E-state index contributed by atoms with van der Waals surface area (Å²) in [6.45, 7) is 5.52. The third-order valence-electron chi connectivity index (χ3n) is 4.03. The summed E-state index contributed by atoms with van der Waals surface area (Å²) in [6, 6.07) is 17.4. The number of aliphatic hydroxyl groups is 1. The Labute approximate surface area is 160 Å². The highest BCUT2D eigenvalue weighted by Gasteiger charge is 2.16. The Bertz CT molecular complexity index is 817. The topological polar surface area (TPSA) is 87.7 Å². The summed E-state index contributed by atoms with van der Waals surface area (Å²) in [7, 11) is 0. The second-order valence-electron chi connectivity index (χ2n) is 7.43. The lowest BCUT2D eigenvalue weighted by Gasteiger charge is -2.16. The van der Waals surface area contributed by atoms with Crippen LogP contribution in [0.15, 0.2) is 71.4 Å². The van der Waals surface area contributed by atoms with Crippen molar-refractivity contribution in [2.45, 2.75) is 33.6 Å². The van der Waals surface area contributed by atoms with Gasteiger partial charge in [-0.1, -0.05) is 63.2 Å². The number of allylic oxidation sites excluding steroid dienone is 1. The zero-order valence-corrected chi connectivity index (χ0v) is 16.1. The van der Waals surface area contributed by atoms with Gasteiger partial charge in [0.1, 0.15) is 11.6 Å². The number of amidine groups is 1. The molecule has 0 atom stereocenters. The fraction of sp³-hybridized carbons (Fsp3) is 0.273. The van der Waals surface area contributed by atoms with Crippen molar-refractivity contribution in [1.29, 1.82) is 0 Å². The molecule has 0 spiro atoms. The van der Waals surface area contributed by atoms with Gasteiger partial charge in [-0.3, -0.25) is 0 Å². The number of hydrogen-bond donors (Lipinski definition) is 3. The third-order valence-corrected chi connectivity index (χ3v) is 4.03. The van der Waals surface area contributed by atoms with Crippen LogP contribution in [0.25, 0.3) is 0 Å². The molecule has 2 rings (SSSR count). The monoisotopic (exact) mass is 365 g/mol. The molecule has 5 heteroatoms. The molecule has 2 amide bonds. The number of amides is 2. The van der Waals surface area contributed by atoms with E-state index in [1.54, 1.807) is 0 Å². The van der Waals surface area contributed by atoms with Crippen molar-refractivity contribution in [3.05, 3.63) is 77.6 Å². The number of anilines is 1. The lowest BCUT2D eigenvalue weighted by molar-refractivity contribution is 0.259. The molecule has 0 heterocycles. The summed E-state index contributed by atoms with van der Waals surface area (Å²) in [5.41, 5.74) is 8.38. The molecule has 142 valence electrons. The third kappa shape index (κ3) is 6.98. The fourth-order valence-corrected chi connectivity index (χ4v) is 2.35. The maximum Gasteiger partial charge on any atom is 0.347 e. The van der Waals surface area contributed by atoms with Gasteiger partial charge in [0.05, 0.1) is 0 Å². The SMILES string of the molecule is CC(C)(C)/C(O)=C/C(N)=N\C(=O)Nc1ccc(CCc2ccccc2)cc1. The van der Waals surface area contributed by atoms with Crippen LogP contribution in [0.5, 0.6) is 0 Å². The molecule has 0 aliphatic heterocycles. The van der Waals surface area contributed by atoms with E-state index in [9.17, 15) is 9.90 Å². The lowest BCUT2D eigenvalue weighted by atomic mass is 9.93. The molecule has 0 aliphatic carbocycles. The van der Waals surface area contributed by atoms with Crippen LogP contribution in [0.3, 0.4) is 0 Å². The van der Waals surface area contributed by atoms with Crippen LogP contribution in [-0.4, -0.2) is 17.0 Å². The second-order valence-corrected chi connectivity index (χ2v) is 7.43. The van der Waals surface area contributed by atoms with Crippen molar-refractivity contribution in [3.8, 4) is 0 Å². The van der Waals surface area contributed by atoms with E-state index >= 15 is 0 Å². The molecule has 0 saturated carbocycles. The van der Waals surface area contributed by atoms with Crippen molar-refractivity contribution >= 4 is 17.6 Å². The Morgan fingerprint density at radius 1 is 1.04 bits per heavy atom. The van der Waals surface area contributed by atoms with E-state index in [-0.39, 0.29) is 11.6 Å². The van der Waals surface area contributed by atoms with E-state index < -0.39 is 11.4 Å².